The van der Waals surface area contributed by atoms with Crippen molar-refractivity contribution in [2.75, 3.05) is 0 Å². The standard InChI is InChI=1S/C15H15NO3/c1-10(15(18)19)12-8-9-13(16(12)2)14(17)11-6-4-3-5-7-11/h3-10H,1-2H3,(H,18,19). The molecule has 0 aliphatic rings. The van der Waals surface area contributed by atoms with Gasteiger partial charge in [0.05, 0.1) is 11.6 Å². The molecule has 0 aliphatic carbocycles. The van der Waals surface area contributed by atoms with E-state index in [0.29, 0.717) is 17.0 Å². The second-order valence-electron chi connectivity index (χ2n) is 4.46. The molecule has 2 aromatic rings. The minimum Gasteiger partial charge on any atom is -0.481 e. The third kappa shape index (κ3) is 2.42. The van der Waals surface area contributed by atoms with Crippen LogP contribution in [0.5, 0.6) is 0 Å². The SMILES string of the molecule is CC(C(=O)O)c1ccc(C(=O)c2ccccc2)n1C. The molecule has 2 rings (SSSR count). The smallest absolute Gasteiger partial charge is 0.312 e. The monoisotopic (exact) mass is 257 g/mol. The Morgan fingerprint density at radius 1 is 1.11 bits per heavy atom. The van der Waals surface area contributed by atoms with Gasteiger partial charge in [0.2, 0.25) is 5.78 Å². The van der Waals surface area contributed by atoms with E-state index in [1.54, 1.807) is 54.9 Å². The average molecular weight is 257 g/mol. The number of carboxylic acids is 1. The highest BCUT2D eigenvalue weighted by Crippen LogP contribution is 2.20. The van der Waals surface area contributed by atoms with Gasteiger partial charge in [0.1, 0.15) is 0 Å². The van der Waals surface area contributed by atoms with Gasteiger partial charge in [-0.15, -0.1) is 0 Å². The number of benzene rings is 1. The summed E-state index contributed by atoms with van der Waals surface area (Å²) >= 11 is 0. The molecule has 0 aliphatic heterocycles. The number of carbonyl (C=O) groups is 2. The topological polar surface area (TPSA) is 59.3 Å². The van der Waals surface area contributed by atoms with Crippen LogP contribution in [-0.2, 0) is 11.8 Å². The van der Waals surface area contributed by atoms with Crippen LogP contribution >= 0.6 is 0 Å². The first-order chi connectivity index (χ1) is 9.02. The van der Waals surface area contributed by atoms with Crippen LogP contribution in [0.4, 0.5) is 0 Å². The van der Waals surface area contributed by atoms with E-state index in [0.717, 1.165) is 0 Å². The minimum absolute atomic E-state index is 0.105. The van der Waals surface area contributed by atoms with Crippen molar-refractivity contribution in [3.63, 3.8) is 0 Å². The van der Waals surface area contributed by atoms with Gasteiger partial charge < -0.3 is 9.67 Å². The zero-order chi connectivity index (χ0) is 14.0. The van der Waals surface area contributed by atoms with E-state index in [2.05, 4.69) is 0 Å². The molecule has 19 heavy (non-hydrogen) atoms. The first kappa shape index (κ1) is 13.1. The summed E-state index contributed by atoms with van der Waals surface area (Å²) in [6.07, 6.45) is 0. The van der Waals surface area contributed by atoms with Gasteiger partial charge in [-0.2, -0.15) is 0 Å². The molecule has 1 heterocycles. The fourth-order valence-electron chi connectivity index (χ4n) is 2.05. The largest absolute Gasteiger partial charge is 0.481 e. The first-order valence-electron chi connectivity index (χ1n) is 6.00. The van der Waals surface area contributed by atoms with Gasteiger partial charge in [-0.1, -0.05) is 30.3 Å². The lowest BCUT2D eigenvalue weighted by atomic mass is 10.1. The molecule has 0 fully saturated rings. The van der Waals surface area contributed by atoms with E-state index in [1.807, 2.05) is 6.07 Å². The van der Waals surface area contributed by atoms with E-state index in [-0.39, 0.29) is 5.78 Å². The number of carbonyl (C=O) groups excluding carboxylic acids is 1. The molecule has 1 aromatic heterocycles. The molecule has 98 valence electrons. The van der Waals surface area contributed by atoms with Crippen LogP contribution in [0.2, 0.25) is 0 Å². The minimum atomic E-state index is -0.903. The van der Waals surface area contributed by atoms with Crippen molar-refractivity contribution in [2.24, 2.45) is 7.05 Å². The first-order valence-corrected chi connectivity index (χ1v) is 6.00. The summed E-state index contributed by atoms with van der Waals surface area (Å²) in [5, 5.41) is 9.03. The van der Waals surface area contributed by atoms with E-state index in [9.17, 15) is 9.59 Å². The summed E-state index contributed by atoms with van der Waals surface area (Å²) in [7, 11) is 1.71. The van der Waals surface area contributed by atoms with E-state index >= 15 is 0 Å². The molecule has 1 atom stereocenters. The van der Waals surface area contributed by atoms with Gasteiger partial charge in [0, 0.05) is 18.3 Å². The molecule has 4 heteroatoms. The van der Waals surface area contributed by atoms with Crippen LogP contribution in [0, 0.1) is 0 Å². The van der Waals surface area contributed by atoms with Gasteiger partial charge >= 0.3 is 5.97 Å². The maximum atomic E-state index is 12.3. The summed E-state index contributed by atoms with van der Waals surface area (Å²) in [5.41, 5.74) is 1.71. The molecule has 0 spiro atoms. The van der Waals surface area contributed by atoms with Crippen molar-refractivity contribution in [2.45, 2.75) is 12.8 Å². The van der Waals surface area contributed by atoms with E-state index in [1.165, 1.54) is 0 Å². The Bertz CT molecular complexity index is 614. The fourth-order valence-corrected chi connectivity index (χ4v) is 2.05. The number of carboxylic acid groups (broad SMARTS) is 1. The molecule has 1 aromatic carbocycles. The lowest BCUT2D eigenvalue weighted by Crippen LogP contribution is -2.14. The maximum Gasteiger partial charge on any atom is 0.312 e. The van der Waals surface area contributed by atoms with Gasteiger partial charge in [0.25, 0.3) is 0 Å². The second-order valence-corrected chi connectivity index (χ2v) is 4.46. The second kappa shape index (κ2) is 5.10. The number of hydrogen-bond acceptors (Lipinski definition) is 2. The summed E-state index contributed by atoms with van der Waals surface area (Å²) < 4.78 is 1.65. The lowest BCUT2D eigenvalue weighted by Gasteiger charge is -2.10. The number of ketones is 1. The van der Waals surface area contributed by atoms with Crippen molar-refractivity contribution < 1.29 is 14.7 Å². The van der Waals surface area contributed by atoms with E-state index in [4.69, 9.17) is 5.11 Å². The molecular weight excluding hydrogens is 242 g/mol. The van der Waals surface area contributed by atoms with Crippen molar-refractivity contribution in [3.8, 4) is 0 Å². The number of rotatable bonds is 4. The number of hydrogen-bond donors (Lipinski definition) is 1. The maximum absolute atomic E-state index is 12.3. The highest BCUT2D eigenvalue weighted by Gasteiger charge is 2.21. The van der Waals surface area contributed by atoms with Crippen LogP contribution < -0.4 is 0 Å². The lowest BCUT2D eigenvalue weighted by molar-refractivity contribution is -0.138. The highest BCUT2D eigenvalue weighted by molar-refractivity contribution is 6.08. The third-order valence-electron chi connectivity index (χ3n) is 3.24. The fraction of sp³-hybridized carbons (Fsp3) is 0.200. The molecule has 0 bridgehead atoms. The van der Waals surface area contributed by atoms with Crippen molar-refractivity contribution in [1.82, 2.24) is 4.57 Å². The predicted molar refractivity (Wildman–Crippen MR) is 71.3 cm³/mol. The quantitative estimate of drug-likeness (QED) is 0.856. The van der Waals surface area contributed by atoms with Crippen LogP contribution in [0.3, 0.4) is 0 Å². The number of aliphatic carboxylic acids is 1. The highest BCUT2D eigenvalue weighted by atomic mass is 16.4. The Kier molecular flexibility index (Phi) is 3.51. The molecule has 1 unspecified atom stereocenters. The Labute approximate surface area is 111 Å². The van der Waals surface area contributed by atoms with Gasteiger partial charge in [0.15, 0.2) is 0 Å². The van der Waals surface area contributed by atoms with Crippen molar-refractivity contribution in [1.29, 1.82) is 0 Å². The van der Waals surface area contributed by atoms with E-state index < -0.39 is 11.9 Å². The molecule has 0 saturated heterocycles. The Morgan fingerprint density at radius 2 is 1.74 bits per heavy atom. The summed E-state index contributed by atoms with van der Waals surface area (Å²) in [5.74, 6) is -1.64. The normalized spacial score (nSPS) is 12.1. The van der Waals surface area contributed by atoms with Crippen LogP contribution in [0.15, 0.2) is 42.5 Å². The molecule has 4 nitrogen and oxygen atoms in total. The zero-order valence-corrected chi connectivity index (χ0v) is 10.8. The summed E-state index contributed by atoms with van der Waals surface area (Å²) in [6, 6.07) is 12.3. The van der Waals surface area contributed by atoms with Gasteiger partial charge in [-0.25, -0.2) is 0 Å². The summed E-state index contributed by atoms with van der Waals surface area (Å²) in [6.45, 7) is 1.61. The van der Waals surface area contributed by atoms with Crippen molar-refractivity contribution in [3.05, 3.63) is 59.4 Å². The molecular formula is C15H15NO3. The Morgan fingerprint density at radius 3 is 2.32 bits per heavy atom. The zero-order valence-electron chi connectivity index (χ0n) is 10.8. The van der Waals surface area contributed by atoms with Crippen molar-refractivity contribution >= 4 is 11.8 Å². The molecule has 0 saturated carbocycles. The van der Waals surface area contributed by atoms with Crippen LogP contribution in [-0.4, -0.2) is 21.4 Å². The number of nitrogens with zero attached hydrogens (tertiary/aromatic N) is 1. The molecule has 0 amide bonds. The predicted octanol–water partition coefficient (Wildman–Crippen LogP) is 2.44. The average Bonchev–Trinajstić information content (AvgIpc) is 2.79. The van der Waals surface area contributed by atoms with Crippen LogP contribution in [0.1, 0.15) is 34.6 Å². The third-order valence-corrected chi connectivity index (χ3v) is 3.24. The molecule has 0 radical (unpaired) electrons. The summed E-state index contributed by atoms with van der Waals surface area (Å²) in [4.78, 5) is 23.3. The Balaban J connectivity index is 2.38. The van der Waals surface area contributed by atoms with Gasteiger partial charge in [-0.3, -0.25) is 9.59 Å². The Hall–Kier alpha value is -2.36. The number of aromatic nitrogens is 1. The van der Waals surface area contributed by atoms with Crippen LogP contribution in [0.25, 0.3) is 0 Å². The van der Waals surface area contributed by atoms with Gasteiger partial charge in [-0.05, 0) is 19.1 Å². The molecule has 1 N–H and O–H groups in total.